The molecule has 0 atom stereocenters. The molecular formula is C33H27FN10. The van der Waals surface area contributed by atoms with Gasteiger partial charge in [-0.2, -0.15) is 5.26 Å². The molecule has 6 aromatic rings. The number of nitrogens with zero attached hydrogens (tertiary/aromatic N) is 9. The molecule has 0 bridgehead atoms. The third-order valence-electron chi connectivity index (χ3n) is 7.83. The van der Waals surface area contributed by atoms with E-state index in [0.717, 1.165) is 72.1 Å². The fourth-order valence-electron chi connectivity index (χ4n) is 5.60. The highest BCUT2D eigenvalue weighted by Crippen LogP contribution is 2.34. The standard InChI is InChI=1S/C33H27FN10/c34-24-5-8-27(40-20-24)23-16-30-28(39-19-23)17-29(26-2-1-10-38-33(26)36)44(30)25-6-3-22(4-7-25)21-42-12-14-43(15-13-42)32-9-11-37-31(18-35)41-32/h1-11,16-17,19-20H,12-15,21H2,(H2,36,38). The number of anilines is 2. The molecule has 1 saturated heterocycles. The van der Waals surface area contributed by atoms with Crippen molar-refractivity contribution in [2.75, 3.05) is 36.8 Å². The molecule has 1 aliphatic rings. The zero-order chi connectivity index (χ0) is 30.0. The first kappa shape index (κ1) is 27.1. The van der Waals surface area contributed by atoms with Gasteiger partial charge >= 0.3 is 0 Å². The lowest BCUT2D eigenvalue weighted by Gasteiger charge is -2.35. The van der Waals surface area contributed by atoms with Gasteiger partial charge in [0.05, 0.1) is 28.6 Å². The lowest BCUT2D eigenvalue weighted by molar-refractivity contribution is 0.249. The van der Waals surface area contributed by atoms with Crippen molar-refractivity contribution in [2.24, 2.45) is 0 Å². The minimum absolute atomic E-state index is 0.189. The van der Waals surface area contributed by atoms with Crippen LogP contribution in [0.3, 0.4) is 0 Å². The molecular weight excluding hydrogens is 555 g/mol. The zero-order valence-electron chi connectivity index (χ0n) is 23.7. The van der Waals surface area contributed by atoms with Gasteiger partial charge in [0.15, 0.2) is 0 Å². The molecule has 0 aliphatic carbocycles. The summed E-state index contributed by atoms with van der Waals surface area (Å²) in [6.45, 7) is 4.23. The maximum atomic E-state index is 13.5. The number of benzene rings is 1. The first-order valence-corrected chi connectivity index (χ1v) is 14.2. The molecule has 2 N–H and O–H groups in total. The monoisotopic (exact) mass is 582 g/mol. The molecule has 0 saturated carbocycles. The van der Waals surface area contributed by atoms with Crippen LogP contribution in [0, 0.1) is 17.1 Å². The second-order valence-corrected chi connectivity index (χ2v) is 10.6. The quantitative estimate of drug-likeness (QED) is 0.293. The molecule has 1 aromatic carbocycles. The summed E-state index contributed by atoms with van der Waals surface area (Å²) in [5, 5.41) is 9.12. The second-order valence-electron chi connectivity index (χ2n) is 10.6. The molecule has 10 nitrogen and oxygen atoms in total. The lowest BCUT2D eigenvalue weighted by atomic mass is 10.1. The van der Waals surface area contributed by atoms with E-state index in [0.29, 0.717) is 11.5 Å². The van der Waals surface area contributed by atoms with E-state index in [9.17, 15) is 4.39 Å². The molecule has 11 heteroatoms. The Hall–Kier alpha value is -5.73. The van der Waals surface area contributed by atoms with Gasteiger partial charge in [-0.05, 0) is 60.2 Å². The van der Waals surface area contributed by atoms with E-state index in [1.807, 2.05) is 36.4 Å². The molecule has 6 heterocycles. The van der Waals surface area contributed by atoms with Crippen molar-refractivity contribution in [3.63, 3.8) is 0 Å². The predicted molar refractivity (Wildman–Crippen MR) is 166 cm³/mol. The van der Waals surface area contributed by atoms with Gasteiger partial charge in [0.1, 0.15) is 23.5 Å². The molecule has 0 amide bonds. The van der Waals surface area contributed by atoms with Gasteiger partial charge < -0.3 is 15.2 Å². The summed E-state index contributed by atoms with van der Waals surface area (Å²) in [6, 6.07) is 23.2. The number of aromatic nitrogens is 6. The van der Waals surface area contributed by atoms with Crippen LogP contribution in [0.1, 0.15) is 11.4 Å². The number of hydrogen-bond donors (Lipinski definition) is 1. The molecule has 0 unspecified atom stereocenters. The average molecular weight is 583 g/mol. The van der Waals surface area contributed by atoms with Crippen molar-refractivity contribution in [3.8, 4) is 34.3 Å². The molecule has 5 aromatic heterocycles. The Balaban J connectivity index is 1.17. The summed E-state index contributed by atoms with van der Waals surface area (Å²) in [4.78, 5) is 26.2. The van der Waals surface area contributed by atoms with Crippen molar-refractivity contribution in [1.29, 1.82) is 5.26 Å². The molecule has 1 aliphatic heterocycles. The number of nitrogen functional groups attached to an aromatic ring is 1. The van der Waals surface area contributed by atoms with Gasteiger partial charge in [0.2, 0.25) is 5.82 Å². The van der Waals surface area contributed by atoms with E-state index < -0.39 is 0 Å². The Kier molecular flexibility index (Phi) is 7.09. The van der Waals surface area contributed by atoms with E-state index in [2.05, 4.69) is 58.6 Å². The second kappa shape index (κ2) is 11.5. The van der Waals surface area contributed by atoms with Gasteiger partial charge in [-0.15, -0.1) is 0 Å². The number of halogens is 1. The van der Waals surface area contributed by atoms with Crippen molar-refractivity contribution in [1.82, 2.24) is 34.4 Å². The molecule has 0 spiro atoms. The third kappa shape index (κ3) is 5.30. The zero-order valence-corrected chi connectivity index (χ0v) is 23.7. The van der Waals surface area contributed by atoms with Gasteiger partial charge in [-0.3, -0.25) is 14.9 Å². The highest BCUT2D eigenvalue weighted by Gasteiger charge is 2.20. The number of hydrogen-bond acceptors (Lipinski definition) is 9. The minimum atomic E-state index is -0.387. The number of pyridine rings is 3. The first-order valence-electron chi connectivity index (χ1n) is 14.2. The van der Waals surface area contributed by atoms with Crippen LogP contribution in [0.25, 0.3) is 39.2 Å². The third-order valence-corrected chi connectivity index (χ3v) is 7.83. The molecule has 1 fully saturated rings. The fraction of sp³-hybridized carbons (Fsp3) is 0.152. The normalized spacial score (nSPS) is 13.7. The number of nitrogens with two attached hydrogens (primary N) is 1. The number of piperazine rings is 1. The largest absolute Gasteiger partial charge is 0.383 e. The summed E-state index contributed by atoms with van der Waals surface area (Å²) >= 11 is 0. The summed E-state index contributed by atoms with van der Waals surface area (Å²) in [7, 11) is 0. The van der Waals surface area contributed by atoms with Gasteiger partial charge in [-0.25, -0.2) is 19.3 Å². The maximum Gasteiger partial charge on any atom is 0.234 e. The Labute approximate surface area is 252 Å². The Bertz CT molecular complexity index is 1990. The summed E-state index contributed by atoms with van der Waals surface area (Å²) in [5.74, 6) is 1.02. The molecule has 216 valence electrons. The van der Waals surface area contributed by atoms with Crippen molar-refractivity contribution < 1.29 is 4.39 Å². The smallest absolute Gasteiger partial charge is 0.234 e. The Morgan fingerprint density at radius 2 is 1.70 bits per heavy atom. The predicted octanol–water partition coefficient (Wildman–Crippen LogP) is 4.85. The van der Waals surface area contributed by atoms with Crippen LogP contribution in [-0.4, -0.2) is 60.6 Å². The van der Waals surface area contributed by atoms with Crippen LogP contribution in [0.5, 0.6) is 0 Å². The number of nitriles is 1. The van der Waals surface area contributed by atoms with Gasteiger partial charge in [0.25, 0.3) is 0 Å². The maximum absolute atomic E-state index is 13.5. The summed E-state index contributed by atoms with van der Waals surface area (Å²) in [5.41, 5.74) is 13.2. The van der Waals surface area contributed by atoms with Crippen molar-refractivity contribution in [2.45, 2.75) is 6.54 Å². The van der Waals surface area contributed by atoms with Crippen LogP contribution in [0.15, 0.2) is 91.5 Å². The van der Waals surface area contributed by atoms with Crippen molar-refractivity contribution >= 4 is 22.7 Å². The van der Waals surface area contributed by atoms with Crippen LogP contribution >= 0.6 is 0 Å². The molecule has 44 heavy (non-hydrogen) atoms. The molecule has 7 rings (SSSR count). The van der Waals surface area contributed by atoms with Gasteiger partial charge in [0, 0.05) is 68.1 Å². The van der Waals surface area contributed by atoms with E-state index in [1.54, 1.807) is 24.7 Å². The Morgan fingerprint density at radius 3 is 2.45 bits per heavy atom. The van der Waals surface area contributed by atoms with E-state index >= 15 is 0 Å². The SMILES string of the molecule is N#Cc1nccc(N2CCN(Cc3ccc(-n4c(-c5cccnc5N)cc5ncc(-c6ccc(F)cn6)cc54)cc3)CC2)n1. The summed E-state index contributed by atoms with van der Waals surface area (Å²) in [6.07, 6.45) is 6.26. The fourth-order valence-corrected chi connectivity index (χ4v) is 5.60. The van der Waals surface area contributed by atoms with Gasteiger partial charge in [-0.1, -0.05) is 12.1 Å². The minimum Gasteiger partial charge on any atom is -0.383 e. The topological polar surface area (TPSA) is 126 Å². The van der Waals surface area contributed by atoms with Crippen LogP contribution in [0.2, 0.25) is 0 Å². The first-order chi connectivity index (χ1) is 21.6. The average Bonchev–Trinajstić information content (AvgIpc) is 3.44. The highest BCUT2D eigenvalue weighted by atomic mass is 19.1. The lowest BCUT2D eigenvalue weighted by Crippen LogP contribution is -2.46. The van der Waals surface area contributed by atoms with E-state index in [1.165, 1.54) is 17.8 Å². The van der Waals surface area contributed by atoms with Crippen LogP contribution in [0.4, 0.5) is 16.0 Å². The Morgan fingerprint density at radius 1 is 0.864 bits per heavy atom. The van der Waals surface area contributed by atoms with E-state index in [4.69, 9.17) is 16.0 Å². The van der Waals surface area contributed by atoms with E-state index in [-0.39, 0.29) is 11.6 Å². The molecule has 0 radical (unpaired) electrons. The summed E-state index contributed by atoms with van der Waals surface area (Å²) < 4.78 is 15.7. The number of rotatable bonds is 6. The van der Waals surface area contributed by atoms with Crippen molar-refractivity contribution in [3.05, 3.63) is 109 Å². The highest BCUT2D eigenvalue weighted by molar-refractivity contribution is 5.90. The van der Waals surface area contributed by atoms with Crippen LogP contribution < -0.4 is 10.6 Å². The van der Waals surface area contributed by atoms with Crippen LogP contribution in [-0.2, 0) is 6.54 Å². The number of fused-ring (bicyclic) bond motifs is 1.